The molecular formula is C13H18N2O4S. The van der Waals surface area contributed by atoms with Crippen molar-refractivity contribution in [1.82, 2.24) is 0 Å². The Morgan fingerprint density at radius 2 is 1.90 bits per heavy atom. The van der Waals surface area contributed by atoms with Crippen LogP contribution in [0.5, 0.6) is 0 Å². The molecule has 0 bridgehead atoms. The van der Waals surface area contributed by atoms with Crippen LogP contribution < -0.4 is 10.0 Å². The average molecular weight is 298 g/mol. The monoisotopic (exact) mass is 298 g/mol. The van der Waals surface area contributed by atoms with Gasteiger partial charge in [0, 0.05) is 13.0 Å². The number of benzene rings is 1. The fraction of sp³-hybridized carbons (Fsp3) is 0.538. The number of primary sulfonamides is 1. The number of sulfonamides is 1. The summed E-state index contributed by atoms with van der Waals surface area (Å²) in [7, 11) is -3.74. The van der Waals surface area contributed by atoms with E-state index in [0.717, 1.165) is 19.4 Å². The SMILES string of the molecule is NS(=O)(=O)c1ccccc1N1CCCC2(C1)OCCO2. The van der Waals surface area contributed by atoms with Crippen molar-refractivity contribution in [2.45, 2.75) is 23.5 Å². The van der Waals surface area contributed by atoms with Gasteiger partial charge in [-0.05, 0) is 18.6 Å². The number of hydrogen-bond donors (Lipinski definition) is 1. The predicted octanol–water partition coefficient (Wildman–Crippen LogP) is 0.677. The Labute approximate surface area is 118 Å². The first-order valence-corrected chi connectivity index (χ1v) is 8.20. The first kappa shape index (κ1) is 13.8. The van der Waals surface area contributed by atoms with Crippen LogP contribution in [0.25, 0.3) is 0 Å². The van der Waals surface area contributed by atoms with Gasteiger partial charge in [0.25, 0.3) is 0 Å². The van der Waals surface area contributed by atoms with Crippen molar-refractivity contribution in [3.05, 3.63) is 24.3 Å². The molecule has 1 aromatic carbocycles. The summed E-state index contributed by atoms with van der Waals surface area (Å²) in [4.78, 5) is 2.13. The van der Waals surface area contributed by atoms with Gasteiger partial charge in [0.2, 0.25) is 10.0 Å². The molecular weight excluding hydrogens is 280 g/mol. The Balaban J connectivity index is 1.93. The molecule has 6 nitrogen and oxygen atoms in total. The Morgan fingerprint density at radius 3 is 2.60 bits per heavy atom. The van der Waals surface area contributed by atoms with Crippen LogP contribution in [0.3, 0.4) is 0 Å². The highest BCUT2D eigenvalue weighted by molar-refractivity contribution is 7.89. The number of piperidine rings is 1. The number of anilines is 1. The van der Waals surface area contributed by atoms with Gasteiger partial charge in [0.15, 0.2) is 5.79 Å². The first-order valence-electron chi connectivity index (χ1n) is 6.65. The van der Waals surface area contributed by atoms with Gasteiger partial charge in [-0.15, -0.1) is 0 Å². The zero-order valence-electron chi connectivity index (χ0n) is 11.1. The van der Waals surface area contributed by atoms with Crippen LogP contribution in [0.4, 0.5) is 5.69 Å². The lowest BCUT2D eigenvalue weighted by Gasteiger charge is -2.40. The van der Waals surface area contributed by atoms with Gasteiger partial charge < -0.3 is 14.4 Å². The predicted molar refractivity (Wildman–Crippen MR) is 73.9 cm³/mol. The minimum Gasteiger partial charge on any atom is -0.365 e. The van der Waals surface area contributed by atoms with Crippen LogP contribution in [-0.2, 0) is 19.5 Å². The van der Waals surface area contributed by atoms with Crippen LogP contribution in [0.15, 0.2) is 29.2 Å². The molecule has 1 spiro atoms. The zero-order chi connectivity index (χ0) is 14.2. The van der Waals surface area contributed by atoms with Gasteiger partial charge in [0.05, 0.1) is 25.4 Å². The molecule has 110 valence electrons. The quantitative estimate of drug-likeness (QED) is 0.868. The Hall–Kier alpha value is -1.15. The molecule has 0 atom stereocenters. The molecule has 2 aliphatic rings. The Kier molecular flexibility index (Phi) is 3.45. The fourth-order valence-corrected chi connectivity index (χ4v) is 3.64. The average Bonchev–Trinajstić information content (AvgIpc) is 2.86. The lowest BCUT2D eigenvalue weighted by Crippen LogP contribution is -2.49. The van der Waals surface area contributed by atoms with E-state index in [4.69, 9.17) is 14.6 Å². The van der Waals surface area contributed by atoms with Crippen LogP contribution in [-0.4, -0.2) is 40.5 Å². The smallest absolute Gasteiger partial charge is 0.240 e. The van der Waals surface area contributed by atoms with Gasteiger partial charge in [-0.3, -0.25) is 0 Å². The maximum Gasteiger partial charge on any atom is 0.240 e. The standard InChI is InChI=1S/C13H18N2O4S/c14-20(16,17)12-5-2-1-4-11(12)15-7-3-6-13(10-15)18-8-9-19-13/h1-2,4-5H,3,6-10H2,(H2,14,16,17). The van der Waals surface area contributed by atoms with E-state index in [1.54, 1.807) is 12.1 Å². The molecule has 0 radical (unpaired) electrons. The molecule has 20 heavy (non-hydrogen) atoms. The van der Waals surface area contributed by atoms with E-state index in [1.165, 1.54) is 6.07 Å². The number of para-hydroxylation sites is 1. The summed E-state index contributed by atoms with van der Waals surface area (Å²) in [5.74, 6) is -0.594. The molecule has 3 rings (SSSR count). The largest absolute Gasteiger partial charge is 0.365 e. The van der Waals surface area contributed by atoms with E-state index in [0.29, 0.717) is 25.4 Å². The van der Waals surface area contributed by atoms with E-state index in [9.17, 15) is 8.42 Å². The van der Waals surface area contributed by atoms with Crippen molar-refractivity contribution in [3.8, 4) is 0 Å². The van der Waals surface area contributed by atoms with Crippen molar-refractivity contribution in [2.75, 3.05) is 31.2 Å². The fourth-order valence-electron chi connectivity index (χ4n) is 2.89. The van der Waals surface area contributed by atoms with Crippen LogP contribution in [0.1, 0.15) is 12.8 Å². The third-order valence-corrected chi connectivity index (χ3v) is 4.70. The summed E-state index contributed by atoms with van der Waals surface area (Å²) >= 11 is 0. The van der Waals surface area contributed by atoms with Crippen molar-refractivity contribution >= 4 is 15.7 Å². The number of rotatable bonds is 2. The van der Waals surface area contributed by atoms with E-state index < -0.39 is 15.8 Å². The van der Waals surface area contributed by atoms with Gasteiger partial charge >= 0.3 is 0 Å². The third kappa shape index (κ3) is 2.54. The molecule has 0 aliphatic carbocycles. The minimum absolute atomic E-state index is 0.148. The van der Waals surface area contributed by atoms with E-state index >= 15 is 0 Å². The highest BCUT2D eigenvalue weighted by Gasteiger charge is 2.41. The summed E-state index contributed by atoms with van der Waals surface area (Å²) in [5, 5.41) is 5.29. The summed E-state index contributed by atoms with van der Waals surface area (Å²) < 4.78 is 34.8. The van der Waals surface area contributed by atoms with Gasteiger partial charge in [-0.25, -0.2) is 13.6 Å². The molecule has 2 saturated heterocycles. The van der Waals surface area contributed by atoms with Gasteiger partial charge in [-0.1, -0.05) is 12.1 Å². The summed E-state index contributed by atoms with van der Waals surface area (Å²) in [6, 6.07) is 6.78. The van der Waals surface area contributed by atoms with Crippen LogP contribution in [0.2, 0.25) is 0 Å². The third-order valence-electron chi connectivity index (χ3n) is 3.74. The van der Waals surface area contributed by atoms with Crippen molar-refractivity contribution in [1.29, 1.82) is 0 Å². The van der Waals surface area contributed by atoms with Crippen LogP contribution >= 0.6 is 0 Å². The molecule has 0 saturated carbocycles. The molecule has 0 amide bonds. The molecule has 0 unspecified atom stereocenters. The Morgan fingerprint density at radius 1 is 1.20 bits per heavy atom. The van der Waals surface area contributed by atoms with Gasteiger partial charge in [-0.2, -0.15) is 0 Å². The topological polar surface area (TPSA) is 81.9 Å². The summed E-state index contributed by atoms with van der Waals surface area (Å²) in [6.07, 6.45) is 1.72. The highest BCUT2D eigenvalue weighted by Crippen LogP contribution is 2.34. The number of nitrogens with two attached hydrogens (primary N) is 1. The molecule has 1 aromatic rings. The molecule has 0 aromatic heterocycles. The number of nitrogens with zero attached hydrogens (tertiary/aromatic N) is 1. The number of ether oxygens (including phenoxy) is 2. The number of hydrogen-bond acceptors (Lipinski definition) is 5. The first-order chi connectivity index (χ1) is 9.50. The maximum absolute atomic E-state index is 11.7. The zero-order valence-corrected chi connectivity index (χ0v) is 11.9. The summed E-state index contributed by atoms with van der Waals surface area (Å²) in [6.45, 7) is 2.47. The van der Waals surface area contributed by atoms with Gasteiger partial charge in [0.1, 0.15) is 4.90 Å². The second-order valence-corrected chi connectivity index (χ2v) is 6.68. The van der Waals surface area contributed by atoms with Crippen LogP contribution in [0, 0.1) is 0 Å². The normalized spacial score (nSPS) is 22.4. The summed E-state index contributed by atoms with van der Waals surface area (Å²) in [5.41, 5.74) is 0.619. The maximum atomic E-state index is 11.7. The van der Waals surface area contributed by atoms with Crippen molar-refractivity contribution < 1.29 is 17.9 Å². The molecule has 2 heterocycles. The second-order valence-electron chi connectivity index (χ2n) is 5.15. The lowest BCUT2D eigenvalue weighted by atomic mass is 10.0. The molecule has 2 N–H and O–H groups in total. The molecule has 7 heteroatoms. The molecule has 2 aliphatic heterocycles. The highest BCUT2D eigenvalue weighted by atomic mass is 32.2. The van der Waals surface area contributed by atoms with Crippen molar-refractivity contribution in [3.63, 3.8) is 0 Å². The second kappa shape index (κ2) is 5.00. The minimum atomic E-state index is -3.74. The van der Waals surface area contributed by atoms with Crippen molar-refractivity contribution in [2.24, 2.45) is 5.14 Å². The molecule has 2 fully saturated rings. The van der Waals surface area contributed by atoms with E-state index in [2.05, 4.69) is 0 Å². The van der Waals surface area contributed by atoms with E-state index in [-0.39, 0.29) is 4.90 Å². The lowest BCUT2D eigenvalue weighted by molar-refractivity contribution is -0.161. The van der Waals surface area contributed by atoms with E-state index in [1.807, 2.05) is 11.0 Å². The Bertz CT molecular complexity index is 596.